The van der Waals surface area contributed by atoms with E-state index in [4.69, 9.17) is 0 Å². The van der Waals surface area contributed by atoms with Gasteiger partial charge in [-0.1, -0.05) is 36.2 Å². The molecule has 0 radical (unpaired) electrons. The third-order valence-electron chi connectivity index (χ3n) is 0.637. The van der Waals surface area contributed by atoms with Crippen molar-refractivity contribution in [1.82, 2.24) is 0 Å². The molecule has 1 heteroatoms. The normalized spacial score (nSPS) is 12.8. The molecule has 0 aromatic rings. The van der Waals surface area contributed by atoms with Gasteiger partial charge in [0.1, 0.15) is 0 Å². The summed E-state index contributed by atoms with van der Waals surface area (Å²) >= 11 is 0. The van der Waals surface area contributed by atoms with Crippen LogP contribution in [-0.4, -0.2) is 0 Å². The molecule has 0 amide bonds. The lowest BCUT2D eigenvalue weighted by Crippen LogP contribution is -1.44. The first kappa shape index (κ1) is 7.65. The van der Waals surface area contributed by atoms with Gasteiger partial charge in [0.2, 0.25) is 0 Å². The fraction of sp³-hybridized carbons (Fsp3) is 0.143. The summed E-state index contributed by atoms with van der Waals surface area (Å²) in [6.45, 7) is 1.99. The first-order valence-electron chi connectivity index (χ1n) is 2.58. The van der Waals surface area contributed by atoms with Crippen LogP contribution in [0.2, 0.25) is 0 Å². The van der Waals surface area contributed by atoms with Crippen LogP contribution in [0.15, 0.2) is 36.2 Å². The Bertz CT molecular complexity index is 95.6. The quantitative estimate of drug-likeness (QED) is 0.394. The van der Waals surface area contributed by atoms with E-state index in [9.17, 15) is 0 Å². The highest BCUT2D eigenvalue weighted by Gasteiger charge is 1.55. The van der Waals surface area contributed by atoms with E-state index in [1.54, 1.807) is 0 Å². The molecule has 1 atom stereocenters. The topological polar surface area (TPSA) is 0 Å². The van der Waals surface area contributed by atoms with Gasteiger partial charge in [-0.05, 0) is 6.92 Å². The van der Waals surface area contributed by atoms with Gasteiger partial charge >= 0.3 is 0 Å². The van der Waals surface area contributed by atoms with Crippen molar-refractivity contribution in [1.29, 1.82) is 0 Å². The SMILES string of the molecule is C\C=C/C=C\C=C\P. The van der Waals surface area contributed by atoms with Crippen LogP contribution in [0.5, 0.6) is 0 Å². The molecule has 1 unspecified atom stereocenters. The summed E-state index contributed by atoms with van der Waals surface area (Å²) in [6.07, 6.45) is 9.91. The van der Waals surface area contributed by atoms with E-state index in [2.05, 4.69) is 9.24 Å². The first-order valence-corrected chi connectivity index (χ1v) is 3.24. The van der Waals surface area contributed by atoms with Crippen LogP contribution < -0.4 is 0 Å². The van der Waals surface area contributed by atoms with E-state index in [0.717, 1.165) is 0 Å². The molecule has 0 aliphatic carbocycles. The molecule has 0 aromatic carbocycles. The second-order valence-corrected chi connectivity index (χ2v) is 1.68. The molecule has 8 heavy (non-hydrogen) atoms. The van der Waals surface area contributed by atoms with Gasteiger partial charge < -0.3 is 0 Å². The molecule has 0 nitrogen and oxygen atoms in total. The molecule has 0 saturated heterocycles. The van der Waals surface area contributed by atoms with Gasteiger partial charge in [-0.2, -0.15) is 0 Å². The van der Waals surface area contributed by atoms with E-state index in [1.165, 1.54) is 0 Å². The summed E-state index contributed by atoms with van der Waals surface area (Å²) in [5.41, 5.74) is 0. The lowest BCUT2D eigenvalue weighted by atomic mass is 10.4. The molecule has 0 bridgehead atoms. The van der Waals surface area contributed by atoms with Crippen LogP contribution in [0.25, 0.3) is 0 Å². The molecule has 0 fully saturated rings. The molecule has 0 heterocycles. The van der Waals surface area contributed by atoms with Crippen molar-refractivity contribution in [2.24, 2.45) is 0 Å². The van der Waals surface area contributed by atoms with E-state index in [-0.39, 0.29) is 0 Å². The van der Waals surface area contributed by atoms with Gasteiger partial charge in [0.05, 0.1) is 0 Å². The Kier molecular flexibility index (Phi) is 6.36. The maximum atomic E-state index is 2.51. The summed E-state index contributed by atoms with van der Waals surface area (Å²) < 4.78 is 0. The van der Waals surface area contributed by atoms with Crippen molar-refractivity contribution in [3.05, 3.63) is 36.2 Å². The molecule has 0 N–H and O–H groups in total. The third-order valence-corrected chi connectivity index (χ3v) is 0.859. The zero-order chi connectivity index (χ0) is 6.24. The zero-order valence-corrected chi connectivity index (χ0v) is 6.20. The lowest BCUT2D eigenvalue weighted by molar-refractivity contribution is 1.73. The van der Waals surface area contributed by atoms with E-state index in [0.29, 0.717) is 0 Å². The summed E-state index contributed by atoms with van der Waals surface area (Å²) in [5.74, 6) is 1.92. The van der Waals surface area contributed by atoms with Gasteiger partial charge in [-0.15, -0.1) is 9.24 Å². The minimum absolute atomic E-state index is 1.92. The minimum Gasteiger partial charge on any atom is -0.114 e. The summed E-state index contributed by atoms with van der Waals surface area (Å²) in [5, 5.41) is 0. The largest absolute Gasteiger partial charge is 0.114 e. The molecule has 44 valence electrons. The molecule has 0 rings (SSSR count). The fourth-order valence-electron chi connectivity index (χ4n) is 0.304. The highest BCUT2D eigenvalue weighted by atomic mass is 31.0. The maximum Gasteiger partial charge on any atom is -0.0467 e. The Morgan fingerprint density at radius 3 is 2.12 bits per heavy atom. The second-order valence-electron chi connectivity index (χ2n) is 1.30. The monoisotopic (exact) mass is 126 g/mol. The highest BCUT2D eigenvalue weighted by Crippen LogP contribution is 1.84. The predicted molar refractivity (Wildman–Crippen MR) is 42.8 cm³/mol. The van der Waals surface area contributed by atoms with E-state index < -0.39 is 0 Å². The number of hydrogen-bond acceptors (Lipinski definition) is 0. The van der Waals surface area contributed by atoms with Crippen molar-refractivity contribution < 1.29 is 0 Å². The Morgan fingerprint density at radius 2 is 1.62 bits per heavy atom. The third kappa shape index (κ3) is 5.65. The molecule has 0 aromatic heterocycles. The van der Waals surface area contributed by atoms with Gasteiger partial charge in [0.15, 0.2) is 0 Å². The molecular weight excluding hydrogens is 115 g/mol. The Labute approximate surface area is 53.2 Å². The van der Waals surface area contributed by atoms with Gasteiger partial charge in [-0.3, -0.25) is 0 Å². The Balaban J connectivity index is 3.35. The van der Waals surface area contributed by atoms with E-state index in [1.807, 2.05) is 43.1 Å². The van der Waals surface area contributed by atoms with Crippen molar-refractivity contribution in [3.63, 3.8) is 0 Å². The summed E-state index contributed by atoms with van der Waals surface area (Å²) in [4.78, 5) is 0. The molecule has 0 spiro atoms. The van der Waals surface area contributed by atoms with Gasteiger partial charge in [-0.25, -0.2) is 0 Å². The van der Waals surface area contributed by atoms with Crippen molar-refractivity contribution >= 4 is 9.24 Å². The van der Waals surface area contributed by atoms with E-state index >= 15 is 0 Å². The first-order chi connectivity index (χ1) is 3.91. The van der Waals surface area contributed by atoms with Crippen LogP contribution in [0.3, 0.4) is 0 Å². The predicted octanol–water partition coefficient (Wildman–Crippen LogP) is 2.51. The van der Waals surface area contributed by atoms with Crippen LogP contribution in [0.4, 0.5) is 0 Å². The Hall–Kier alpha value is -0.350. The maximum absolute atomic E-state index is 2.51. The zero-order valence-electron chi connectivity index (χ0n) is 5.04. The average Bonchev–Trinajstić information content (AvgIpc) is 1.81. The number of hydrogen-bond donors (Lipinski definition) is 0. The summed E-state index contributed by atoms with van der Waals surface area (Å²) in [7, 11) is 2.51. The van der Waals surface area contributed by atoms with Crippen molar-refractivity contribution in [2.45, 2.75) is 6.92 Å². The van der Waals surface area contributed by atoms with Crippen LogP contribution >= 0.6 is 9.24 Å². The van der Waals surface area contributed by atoms with Crippen molar-refractivity contribution in [2.75, 3.05) is 0 Å². The molecule has 0 aliphatic rings. The van der Waals surface area contributed by atoms with Gasteiger partial charge in [0, 0.05) is 0 Å². The average molecular weight is 126 g/mol. The number of allylic oxidation sites excluding steroid dienone is 5. The van der Waals surface area contributed by atoms with Gasteiger partial charge in [0.25, 0.3) is 0 Å². The summed E-state index contributed by atoms with van der Waals surface area (Å²) in [6, 6.07) is 0. The molecule has 0 aliphatic heterocycles. The highest BCUT2D eigenvalue weighted by molar-refractivity contribution is 7.20. The standard InChI is InChI=1S/C7H11P/c1-2-3-4-5-6-7-8/h2-7H,8H2,1H3/b3-2-,5-4-,7-6+. The van der Waals surface area contributed by atoms with Crippen LogP contribution in [0, 0.1) is 0 Å². The van der Waals surface area contributed by atoms with Crippen LogP contribution in [0.1, 0.15) is 6.92 Å². The second kappa shape index (κ2) is 6.65. The molecule has 0 saturated carbocycles. The fourth-order valence-corrected chi connectivity index (χ4v) is 0.432. The Morgan fingerprint density at radius 1 is 1.00 bits per heavy atom. The minimum atomic E-state index is 1.92. The lowest BCUT2D eigenvalue weighted by Gasteiger charge is -1.68. The van der Waals surface area contributed by atoms with Crippen LogP contribution in [-0.2, 0) is 0 Å². The smallest absolute Gasteiger partial charge is 0.0467 e. The number of rotatable bonds is 2. The molecular formula is C7H11P. The van der Waals surface area contributed by atoms with Crippen molar-refractivity contribution in [3.8, 4) is 0 Å².